The van der Waals surface area contributed by atoms with Crippen LogP contribution in [0.4, 0.5) is 13.2 Å². The molecule has 0 N–H and O–H groups in total. The number of hydrogen-bond acceptors (Lipinski definition) is 7. The minimum absolute atomic E-state index is 0.0665. The first-order valence-corrected chi connectivity index (χ1v) is 13.9. The first-order chi connectivity index (χ1) is 19.0. The van der Waals surface area contributed by atoms with E-state index in [0.717, 1.165) is 19.5 Å². The van der Waals surface area contributed by atoms with Crippen molar-refractivity contribution in [2.45, 2.75) is 19.1 Å². The van der Waals surface area contributed by atoms with Crippen LogP contribution < -0.4 is 24.4 Å². The fourth-order valence-corrected chi connectivity index (χ4v) is 5.82. The smallest absolute Gasteiger partial charge is 0.434 e. The Bertz CT molecular complexity index is 1680. The molecular weight excluding hydrogens is 684 g/mol. The number of allylic oxidation sites excluding steroid dienone is 1. The second kappa shape index (κ2) is 12.2. The van der Waals surface area contributed by atoms with Gasteiger partial charge >= 0.3 is 12.1 Å². The number of ether oxygens (including phenoxy) is 3. The van der Waals surface area contributed by atoms with E-state index in [1.165, 1.54) is 50.5 Å². The van der Waals surface area contributed by atoms with Crippen LogP contribution in [0.15, 0.2) is 70.1 Å². The molecular formula is C27H21ClF3IN2O5S. The number of nitrogens with zero attached hydrogens (tertiary/aromatic N) is 2. The number of esters is 1. The number of fused-ring (bicyclic) bond motifs is 1. The SMILES string of the molecule is C=CCOc1c(/C=c2\sc3n(c2=O)[C@@H](c2ccc(Cl)cc2)C(C(=O)OCC)=C(C(F)(F)F)N=3)cc(I)cc1OC. The Kier molecular flexibility index (Phi) is 9.10. The molecule has 1 aliphatic rings. The van der Waals surface area contributed by atoms with Crippen molar-refractivity contribution in [2.75, 3.05) is 20.3 Å². The summed E-state index contributed by atoms with van der Waals surface area (Å²) in [5, 5.41) is 0.327. The van der Waals surface area contributed by atoms with Gasteiger partial charge in [0.25, 0.3) is 5.56 Å². The summed E-state index contributed by atoms with van der Waals surface area (Å²) in [5.74, 6) is -0.503. The molecule has 0 bridgehead atoms. The molecule has 0 saturated heterocycles. The van der Waals surface area contributed by atoms with Crippen molar-refractivity contribution in [2.24, 2.45) is 4.99 Å². The van der Waals surface area contributed by atoms with Crippen molar-refractivity contribution in [3.05, 3.63) is 99.7 Å². The number of carbonyl (C=O) groups excluding carboxylic acids is 1. The molecule has 2 aromatic carbocycles. The van der Waals surface area contributed by atoms with Crippen LogP contribution in [0.25, 0.3) is 6.08 Å². The number of halogens is 5. The molecule has 13 heteroatoms. The number of aromatic nitrogens is 1. The third kappa shape index (κ3) is 5.98. The Morgan fingerprint density at radius 3 is 2.58 bits per heavy atom. The Labute approximate surface area is 249 Å². The molecule has 1 aliphatic heterocycles. The second-order valence-corrected chi connectivity index (χ2v) is 10.9. The number of carbonyl (C=O) groups is 1. The number of methoxy groups -OCH3 is 1. The second-order valence-electron chi connectivity index (χ2n) is 8.24. The highest BCUT2D eigenvalue weighted by Crippen LogP contribution is 2.39. The van der Waals surface area contributed by atoms with E-state index in [-0.39, 0.29) is 28.1 Å². The highest BCUT2D eigenvalue weighted by Gasteiger charge is 2.45. The van der Waals surface area contributed by atoms with E-state index in [4.69, 9.17) is 25.8 Å². The van der Waals surface area contributed by atoms with Gasteiger partial charge in [0.15, 0.2) is 22.0 Å². The molecule has 0 radical (unpaired) electrons. The van der Waals surface area contributed by atoms with Gasteiger partial charge in [-0.05, 0) is 65.4 Å². The zero-order valence-corrected chi connectivity index (χ0v) is 24.8. The van der Waals surface area contributed by atoms with Crippen molar-refractivity contribution in [3.8, 4) is 11.5 Å². The first-order valence-electron chi connectivity index (χ1n) is 11.7. The van der Waals surface area contributed by atoms with Crippen LogP contribution in [0, 0.1) is 3.57 Å². The Hall–Kier alpha value is -3.10. The number of thiazole rings is 1. The zero-order valence-electron chi connectivity index (χ0n) is 21.1. The monoisotopic (exact) mass is 704 g/mol. The van der Waals surface area contributed by atoms with E-state index in [1.54, 1.807) is 12.1 Å². The molecule has 1 atom stereocenters. The summed E-state index contributed by atoms with van der Waals surface area (Å²) in [5.41, 5.74) is -2.19. The summed E-state index contributed by atoms with van der Waals surface area (Å²) in [6.07, 6.45) is -1.97. The molecule has 2 heterocycles. The minimum atomic E-state index is -5.00. The fourth-order valence-electron chi connectivity index (χ4n) is 4.09. The minimum Gasteiger partial charge on any atom is -0.493 e. The Morgan fingerprint density at radius 2 is 1.98 bits per heavy atom. The van der Waals surface area contributed by atoms with Crippen molar-refractivity contribution in [3.63, 3.8) is 0 Å². The maximum Gasteiger partial charge on any atom is 0.434 e. The highest BCUT2D eigenvalue weighted by molar-refractivity contribution is 14.1. The summed E-state index contributed by atoms with van der Waals surface area (Å²) < 4.78 is 61.0. The number of benzene rings is 2. The van der Waals surface area contributed by atoms with Crippen LogP contribution in [0.5, 0.6) is 11.5 Å². The molecule has 0 aliphatic carbocycles. The fraction of sp³-hybridized carbons (Fsp3) is 0.222. The lowest BCUT2D eigenvalue weighted by atomic mass is 9.95. The maximum atomic E-state index is 14.3. The first kappa shape index (κ1) is 29.9. The van der Waals surface area contributed by atoms with Gasteiger partial charge in [-0.2, -0.15) is 13.2 Å². The van der Waals surface area contributed by atoms with Gasteiger partial charge in [-0.3, -0.25) is 9.36 Å². The average molecular weight is 705 g/mol. The molecule has 7 nitrogen and oxygen atoms in total. The normalized spacial score (nSPS) is 15.4. The van der Waals surface area contributed by atoms with Gasteiger partial charge in [-0.1, -0.05) is 47.7 Å². The highest BCUT2D eigenvalue weighted by atomic mass is 127. The third-order valence-corrected chi connectivity index (χ3v) is 7.54. The van der Waals surface area contributed by atoms with Gasteiger partial charge in [0, 0.05) is 14.2 Å². The van der Waals surface area contributed by atoms with Crippen molar-refractivity contribution < 1.29 is 32.2 Å². The average Bonchev–Trinajstić information content (AvgIpc) is 3.21. The topological polar surface area (TPSA) is 79.1 Å². The van der Waals surface area contributed by atoms with Gasteiger partial charge < -0.3 is 14.2 Å². The lowest BCUT2D eigenvalue weighted by molar-refractivity contribution is -0.140. The zero-order chi connectivity index (χ0) is 29.2. The van der Waals surface area contributed by atoms with Crippen LogP contribution in [-0.2, 0) is 9.53 Å². The van der Waals surface area contributed by atoms with E-state index in [9.17, 15) is 22.8 Å². The van der Waals surface area contributed by atoms with Crippen molar-refractivity contribution >= 4 is 57.6 Å². The van der Waals surface area contributed by atoms with E-state index in [2.05, 4.69) is 34.2 Å². The lowest BCUT2D eigenvalue weighted by Crippen LogP contribution is -2.41. The number of hydrogen-bond donors (Lipinski definition) is 0. The van der Waals surface area contributed by atoms with Gasteiger partial charge in [-0.15, -0.1) is 0 Å². The number of rotatable bonds is 8. The summed E-state index contributed by atoms with van der Waals surface area (Å²) >= 11 is 8.84. The predicted molar refractivity (Wildman–Crippen MR) is 154 cm³/mol. The van der Waals surface area contributed by atoms with E-state index in [1.807, 2.05) is 0 Å². The van der Waals surface area contributed by atoms with Crippen LogP contribution in [0.2, 0.25) is 5.02 Å². The van der Waals surface area contributed by atoms with Crippen LogP contribution in [0.3, 0.4) is 0 Å². The van der Waals surface area contributed by atoms with Crippen LogP contribution >= 0.6 is 45.5 Å². The summed E-state index contributed by atoms with van der Waals surface area (Å²) in [6.45, 7) is 5.09. The van der Waals surface area contributed by atoms with Gasteiger partial charge in [0.1, 0.15) is 6.61 Å². The summed E-state index contributed by atoms with van der Waals surface area (Å²) in [7, 11) is 1.46. The van der Waals surface area contributed by atoms with Gasteiger partial charge in [0.2, 0.25) is 0 Å². The van der Waals surface area contributed by atoms with Crippen LogP contribution in [-0.4, -0.2) is 37.0 Å². The molecule has 0 fully saturated rings. The maximum absolute atomic E-state index is 14.3. The van der Waals surface area contributed by atoms with Gasteiger partial charge in [0.05, 0.1) is 29.9 Å². The lowest BCUT2D eigenvalue weighted by Gasteiger charge is -2.26. The van der Waals surface area contributed by atoms with Crippen molar-refractivity contribution in [1.29, 1.82) is 0 Å². The van der Waals surface area contributed by atoms with E-state index in [0.29, 0.717) is 22.1 Å². The van der Waals surface area contributed by atoms with E-state index < -0.39 is 35.0 Å². The summed E-state index contributed by atoms with van der Waals surface area (Å²) in [4.78, 5) is 30.3. The molecule has 4 rings (SSSR count). The van der Waals surface area contributed by atoms with Gasteiger partial charge in [-0.25, -0.2) is 9.79 Å². The van der Waals surface area contributed by atoms with E-state index >= 15 is 0 Å². The molecule has 0 spiro atoms. The largest absolute Gasteiger partial charge is 0.493 e. The standard InChI is InChI=1S/C27H21ClF3IN2O5S/c1-4-10-39-22-15(11-17(32)13-18(22)37-3)12-19-24(35)34-21(14-6-8-16(28)9-7-14)20(25(36)38-5-2)23(27(29,30)31)33-26(34)40-19/h4,6-9,11-13,21H,1,5,10H2,2-3H3/b19-12-/t21-/m0/s1. The molecule has 40 heavy (non-hydrogen) atoms. The third-order valence-electron chi connectivity index (χ3n) is 5.68. The molecule has 210 valence electrons. The molecule has 0 amide bonds. The number of alkyl halides is 3. The van der Waals surface area contributed by atoms with Crippen molar-refractivity contribution in [1.82, 2.24) is 4.57 Å². The molecule has 0 saturated carbocycles. The Balaban J connectivity index is 2.05. The molecule has 3 aromatic rings. The quantitative estimate of drug-likeness (QED) is 0.184. The predicted octanol–water partition coefficient (Wildman–Crippen LogP) is 5.17. The molecule has 1 aromatic heterocycles. The summed E-state index contributed by atoms with van der Waals surface area (Å²) in [6, 6.07) is 7.84. The Morgan fingerprint density at radius 1 is 1.27 bits per heavy atom. The molecule has 0 unspecified atom stereocenters. The van der Waals surface area contributed by atoms with Crippen LogP contribution in [0.1, 0.15) is 24.1 Å².